The number of pyridine rings is 1. The fraction of sp³-hybridized carbons (Fsp3) is 0.583. The molecule has 0 saturated carbocycles. The van der Waals surface area contributed by atoms with Gasteiger partial charge in [-0.3, -0.25) is 0 Å². The molecule has 0 bridgehead atoms. The Morgan fingerprint density at radius 2 is 2.24 bits per heavy atom. The van der Waals surface area contributed by atoms with Crippen LogP contribution in [0, 0.1) is 5.41 Å². The SMILES string of the molecule is CC(C)(CCCO)CNc1ncc(Br)cc1Cl. The number of aliphatic hydroxyl groups excluding tert-OH is 1. The predicted molar refractivity (Wildman–Crippen MR) is 75.5 cm³/mol. The lowest BCUT2D eigenvalue weighted by atomic mass is 9.88. The highest BCUT2D eigenvalue weighted by Crippen LogP contribution is 2.26. The van der Waals surface area contributed by atoms with E-state index in [0.717, 1.165) is 23.9 Å². The fourth-order valence-electron chi connectivity index (χ4n) is 1.51. The molecule has 1 aromatic heterocycles. The Labute approximate surface area is 116 Å². The number of halogens is 2. The molecule has 2 N–H and O–H groups in total. The molecule has 0 saturated heterocycles. The molecule has 1 aromatic rings. The average molecular weight is 322 g/mol. The Kier molecular flexibility index (Phi) is 5.70. The van der Waals surface area contributed by atoms with Crippen molar-refractivity contribution in [3.63, 3.8) is 0 Å². The minimum Gasteiger partial charge on any atom is -0.396 e. The first-order valence-electron chi connectivity index (χ1n) is 5.60. The van der Waals surface area contributed by atoms with Crippen LogP contribution < -0.4 is 5.32 Å². The first-order chi connectivity index (χ1) is 7.94. The van der Waals surface area contributed by atoms with Crippen molar-refractivity contribution >= 4 is 33.3 Å². The van der Waals surface area contributed by atoms with Gasteiger partial charge in [0, 0.05) is 23.8 Å². The summed E-state index contributed by atoms with van der Waals surface area (Å²) in [6.07, 6.45) is 3.50. The van der Waals surface area contributed by atoms with Crippen LogP contribution in [0.2, 0.25) is 5.02 Å². The molecule has 0 aromatic carbocycles. The van der Waals surface area contributed by atoms with Gasteiger partial charge in [-0.25, -0.2) is 4.98 Å². The molecule has 0 atom stereocenters. The third kappa shape index (κ3) is 5.23. The van der Waals surface area contributed by atoms with Crippen molar-refractivity contribution in [2.45, 2.75) is 26.7 Å². The zero-order valence-electron chi connectivity index (χ0n) is 10.1. The monoisotopic (exact) mass is 320 g/mol. The van der Waals surface area contributed by atoms with Crippen molar-refractivity contribution in [1.29, 1.82) is 0 Å². The molecular weight excluding hydrogens is 304 g/mol. The molecule has 0 fully saturated rings. The number of hydrogen-bond acceptors (Lipinski definition) is 3. The molecule has 5 heteroatoms. The summed E-state index contributed by atoms with van der Waals surface area (Å²) < 4.78 is 0.868. The van der Waals surface area contributed by atoms with Gasteiger partial charge in [0.2, 0.25) is 0 Å². The summed E-state index contributed by atoms with van der Waals surface area (Å²) in [6.45, 7) is 5.33. The summed E-state index contributed by atoms with van der Waals surface area (Å²) in [4.78, 5) is 4.22. The first-order valence-corrected chi connectivity index (χ1v) is 6.77. The molecule has 0 aliphatic carbocycles. The standard InChI is InChI=1S/C12H18BrClN2O/c1-12(2,4-3-5-17)8-16-11-10(14)6-9(13)7-15-11/h6-7,17H,3-5,8H2,1-2H3,(H,15,16). The van der Waals surface area contributed by atoms with Gasteiger partial charge in [-0.2, -0.15) is 0 Å². The van der Waals surface area contributed by atoms with Crippen molar-refractivity contribution in [2.24, 2.45) is 5.41 Å². The number of nitrogens with one attached hydrogen (secondary N) is 1. The molecule has 0 radical (unpaired) electrons. The zero-order chi connectivity index (χ0) is 12.9. The smallest absolute Gasteiger partial charge is 0.144 e. The van der Waals surface area contributed by atoms with E-state index in [1.54, 1.807) is 6.20 Å². The molecule has 3 nitrogen and oxygen atoms in total. The molecule has 0 amide bonds. The number of anilines is 1. The molecule has 96 valence electrons. The summed E-state index contributed by atoms with van der Waals surface area (Å²) in [7, 11) is 0. The van der Waals surface area contributed by atoms with Gasteiger partial charge >= 0.3 is 0 Å². The average Bonchev–Trinajstić information content (AvgIpc) is 2.25. The van der Waals surface area contributed by atoms with Crippen molar-refractivity contribution < 1.29 is 5.11 Å². The number of nitrogens with zero attached hydrogens (tertiary/aromatic N) is 1. The van der Waals surface area contributed by atoms with Gasteiger partial charge in [0.1, 0.15) is 5.82 Å². The molecule has 0 aliphatic rings. The van der Waals surface area contributed by atoms with Crippen LogP contribution in [0.4, 0.5) is 5.82 Å². The maximum Gasteiger partial charge on any atom is 0.144 e. The van der Waals surface area contributed by atoms with Crippen LogP contribution in [0.3, 0.4) is 0 Å². The van der Waals surface area contributed by atoms with E-state index in [1.807, 2.05) is 6.07 Å². The normalized spacial score (nSPS) is 11.6. The quantitative estimate of drug-likeness (QED) is 0.839. The van der Waals surface area contributed by atoms with Gasteiger partial charge in [-0.15, -0.1) is 0 Å². The van der Waals surface area contributed by atoms with Crippen molar-refractivity contribution in [3.05, 3.63) is 21.8 Å². The zero-order valence-corrected chi connectivity index (χ0v) is 12.5. The molecule has 1 heterocycles. The lowest BCUT2D eigenvalue weighted by Crippen LogP contribution is -2.23. The van der Waals surface area contributed by atoms with Crippen LogP contribution in [-0.4, -0.2) is 23.2 Å². The Bertz CT molecular complexity index is 372. The predicted octanol–water partition coefficient (Wildman–Crippen LogP) is 3.71. The van der Waals surface area contributed by atoms with Crippen LogP contribution >= 0.6 is 27.5 Å². The maximum absolute atomic E-state index is 8.83. The molecule has 0 aliphatic heterocycles. The maximum atomic E-state index is 8.83. The Morgan fingerprint density at radius 3 is 2.82 bits per heavy atom. The molecular formula is C12H18BrClN2O. The highest BCUT2D eigenvalue weighted by Gasteiger charge is 2.17. The van der Waals surface area contributed by atoms with Crippen LogP contribution in [0.1, 0.15) is 26.7 Å². The molecule has 0 unspecified atom stereocenters. The van der Waals surface area contributed by atoms with Gasteiger partial charge in [0.15, 0.2) is 0 Å². The van der Waals surface area contributed by atoms with Gasteiger partial charge in [-0.05, 0) is 40.3 Å². The highest BCUT2D eigenvalue weighted by molar-refractivity contribution is 9.10. The summed E-state index contributed by atoms with van der Waals surface area (Å²) in [5.41, 5.74) is 0.112. The molecule has 0 spiro atoms. The third-order valence-corrected chi connectivity index (χ3v) is 3.28. The van der Waals surface area contributed by atoms with Gasteiger partial charge in [-0.1, -0.05) is 25.4 Å². The van der Waals surface area contributed by atoms with Crippen molar-refractivity contribution in [1.82, 2.24) is 4.98 Å². The van der Waals surface area contributed by atoms with Gasteiger partial charge in [0.25, 0.3) is 0 Å². The summed E-state index contributed by atoms with van der Waals surface area (Å²) in [5, 5.41) is 12.7. The second kappa shape index (κ2) is 6.57. The lowest BCUT2D eigenvalue weighted by Gasteiger charge is -2.25. The number of rotatable bonds is 6. The number of aliphatic hydroxyl groups is 1. The van der Waals surface area contributed by atoms with Gasteiger partial charge in [0.05, 0.1) is 5.02 Å². The van der Waals surface area contributed by atoms with E-state index in [9.17, 15) is 0 Å². The molecule has 1 rings (SSSR count). The minimum atomic E-state index is 0.112. The van der Waals surface area contributed by atoms with Gasteiger partial charge < -0.3 is 10.4 Å². The Hall–Kier alpha value is -0.320. The topological polar surface area (TPSA) is 45.1 Å². The second-order valence-electron chi connectivity index (χ2n) is 4.83. The largest absolute Gasteiger partial charge is 0.396 e. The summed E-state index contributed by atoms with van der Waals surface area (Å²) in [6, 6.07) is 1.82. The van der Waals surface area contributed by atoms with Crippen molar-refractivity contribution in [2.75, 3.05) is 18.5 Å². The van der Waals surface area contributed by atoms with Crippen molar-refractivity contribution in [3.8, 4) is 0 Å². The first kappa shape index (κ1) is 14.7. The summed E-state index contributed by atoms with van der Waals surface area (Å²) in [5.74, 6) is 0.701. The van der Waals surface area contributed by atoms with Crippen LogP contribution in [0.5, 0.6) is 0 Å². The minimum absolute atomic E-state index is 0.112. The van der Waals surface area contributed by atoms with Crippen LogP contribution in [0.25, 0.3) is 0 Å². The van der Waals surface area contributed by atoms with Crippen LogP contribution in [0.15, 0.2) is 16.7 Å². The Morgan fingerprint density at radius 1 is 1.53 bits per heavy atom. The molecule has 17 heavy (non-hydrogen) atoms. The fourth-order valence-corrected chi connectivity index (χ4v) is 2.21. The van der Waals surface area contributed by atoms with E-state index in [2.05, 4.69) is 40.1 Å². The third-order valence-electron chi connectivity index (χ3n) is 2.55. The number of aromatic nitrogens is 1. The highest BCUT2D eigenvalue weighted by atomic mass is 79.9. The van der Waals surface area contributed by atoms with E-state index < -0.39 is 0 Å². The van der Waals surface area contributed by atoms with E-state index >= 15 is 0 Å². The summed E-state index contributed by atoms with van der Waals surface area (Å²) >= 11 is 9.39. The van der Waals surface area contributed by atoms with Crippen LogP contribution in [-0.2, 0) is 0 Å². The van der Waals surface area contributed by atoms with E-state index in [1.165, 1.54) is 0 Å². The lowest BCUT2D eigenvalue weighted by molar-refractivity contribution is 0.248. The van der Waals surface area contributed by atoms with E-state index in [-0.39, 0.29) is 12.0 Å². The Balaban J connectivity index is 2.54. The second-order valence-corrected chi connectivity index (χ2v) is 6.15. The van der Waals surface area contributed by atoms with E-state index in [0.29, 0.717) is 10.8 Å². The number of hydrogen-bond donors (Lipinski definition) is 2. The van der Waals surface area contributed by atoms with E-state index in [4.69, 9.17) is 16.7 Å².